The Morgan fingerprint density at radius 3 is 2.55 bits per heavy atom. The quantitative estimate of drug-likeness (QED) is 0.729. The highest BCUT2D eigenvalue weighted by atomic mass is 19.2. The highest BCUT2D eigenvalue weighted by molar-refractivity contribution is 5.80. The molecule has 1 N–H and O–H groups in total. The van der Waals surface area contributed by atoms with Crippen molar-refractivity contribution >= 4 is 5.91 Å². The van der Waals surface area contributed by atoms with Crippen molar-refractivity contribution in [3.05, 3.63) is 59.7 Å². The Kier molecular flexibility index (Phi) is 7.04. The van der Waals surface area contributed by atoms with Crippen molar-refractivity contribution in [3.63, 3.8) is 0 Å². The SMILES string of the molecule is COc1cccc(C(CNC(=O)C(C)Oc2ccc(F)c(F)c2)N2CCCC2)c1. The van der Waals surface area contributed by atoms with Gasteiger partial charge in [-0.3, -0.25) is 9.69 Å². The van der Waals surface area contributed by atoms with Gasteiger partial charge >= 0.3 is 0 Å². The smallest absolute Gasteiger partial charge is 0.260 e. The van der Waals surface area contributed by atoms with Gasteiger partial charge in [-0.15, -0.1) is 0 Å². The number of ether oxygens (including phenoxy) is 2. The number of amides is 1. The highest BCUT2D eigenvalue weighted by Crippen LogP contribution is 2.27. The number of halogens is 2. The Labute approximate surface area is 169 Å². The molecule has 1 saturated heterocycles. The Hall–Kier alpha value is -2.67. The molecule has 1 fully saturated rings. The predicted molar refractivity (Wildman–Crippen MR) is 106 cm³/mol. The zero-order valence-corrected chi connectivity index (χ0v) is 16.7. The molecule has 0 aromatic heterocycles. The van der Waals surface area contributed by atoms with Crippen LogP contribution in [-0.4, -0.2) is 43.7 Å². The molecule has 156 valence electrons. The van der Waals surface area contributed by atoms with Crippen LogP contribution in [0.1, 0.15) is 31.4 Å². The van der Waals surface area contributed by atoms with Gasteiger partial charge < -0.3 is 14.8 Å². The van der Waals surface area contributed by atoms with Gasteiger partial charge in [0.2, 0.25) is 0 Å². The fraction of sp³-hybridized carbons (Fsp3) is 0.409. The topological polar surface area (TPSA) is 50.8 Å². The largest absolute Gasteiger partial charge is 0.497 e. The van der Waals surface area contributed by atoms with Crippen LogP contribution in [0.2, 0.25) is 0 Å². The van der Waals surface area contributed by atoms with E-state index in [-0.39, 0.29) is 17.7 Å². The van der Waals surface area contributed by atoms with Crippen molar-refractivity contribution in [1.82, 2.24) is 10.2 Å². The number of nitrogens with zero attached hydrogens (tertiary/aromatic N) is 1. The average Bonchev–Trinajstić information content (AvgIpc) is 3.25. The molecule has 29 heavy (non-hydrogen) atoms. The van der Waals surface area contributed by atoms with Gasteiger partial charge in [-0.25, -0.2) is 8.78 Å². The lowest BCUT2D eigenvalue weighted by molar-refractivity contribution is -0.127. The summed E-state index contributed by atoms with van der Waals surface area (Å²) in [7, 11) is 1.63. The van der Waals surface area contributed by atoms with Gasteiger partial charge in [-0.2, -0.15) is 0 Å². The fourth-order valence-corrected chi connectivity index (χ4v) is 3.51. The van der Waals surface area contributed by atoms with Crippen LogP contribution in [-0.2, 0) is 4.79 Å². The average molecular weight is 404 g/mol. The summed E-state index contributed by atoms with van der Waals surface area (Å²) >= 11 is 0. The maximum atomic E-state index is 13.3. The molecule has 1 amide bonds. The third-order valence-electron chi connectivity index (χ3n) is 5.10. The lowest BCUT2D eigenvalue weighted by atomic mass is 10.0. The standard InChI is InChI=1S/C22H26F2N2O3/c1-15(29-18-8-9-19(23)20(24)13-18)22(27)25-14-21(26-10-3-4-11-26)16-6-5-7-17(12-16)28-2/h5-9,12-13,15,21H,3-4,10-11,14H2,1-2H3,(H,25,27). The molecule has 3 rings (SSSR count). The second kappa shape index (κ2) is 9.69. The van der Waals surface area contributed by atoms with Crippen LogP contribution in [0.25, 0.3) is 0 Å². The van der Waals surface area contributed by atoms with E-state index in [2.05, 4.69) is 10.2 Å². The van der Waals surface area contributed by atoms with Crippen LogP contribution in [0.3, 0.4) is 0 Å². The van der Waals surface area contributed by atoms with Crippen LogP contribution >= 0.6 is 0 Å². The molecule has 0 saturated carbocycles. The molecule has 0 spiro atoms. The van der Waals surface area contributed by atoms with Crippen molar-refractivity contribution in [2.45, 2.75) is 31.9 Å². The highest BCUT2D eigenvalue weighted by Gasteiger charge is 2.25. The minimum absolute atomic E-state index is 0.0204. The van der Waals surface area contributed by atoms with E-state index in [1.807, 2.05) is 24.3 Å². The summed E-state index contributed by atoms with van der Waals surface area (Å²) < 4.78 is 37.2. The van der Waals surface area contributed by atoms with Crippen molar-refractivity contribution < 1.29 is 23.0 Å². The van der Waals surface area contributed by atoms with E-state index in [9.17, 15) is 13.6 Å². The zero-order valence-electron chi connectivity index (χ0n) is 16.7. The van der Waals surface area contributed by atoms with Crippen molar-refractivity contribution in [2.75, 3.05) is 26.7 Å². The fourth-order valence-electron chi connectivity index (χ4n) is 3.51. The van der Waals surface area contributed by atoms with Gasteiger partial charge in [-0.1, -0.05) is 12.1 Å². The van der Waals surface area contributed by atoms with Crippen LogP contribution in [0, 0.1) is 11.6 Å². The Morgan fingerprint density at radius 1 is 1.10 bits per heavy atom. The minimum Gasteiger partial charge on any atom is -0.497 e. The van der Waals surface area contributed by atoms with Crippen LogP contribution < -0.4 is 14.8 Å². The number of nitrogens with one attached hydrogen (secondary N) is 1. The van der Waals surface area contributed by atoms with Gasteiger partial charge in [0.15, 0.2) is 17.7 Å². The molecule has 5 nitrogen and oxygen atoms in total. The van der Waals surface area contributed by atoms with Gasteiger partial charge in [0.25, 0.3) is 5.91 Å². The van der Waals surface area contributed by atoms with E-state index in [4.69, 9.17) is 9.47 Å². The first-order chi connectivity index (χ1) is 14.0. The monoisotopic (exact) mass is 404 g/mol. The zero-order chi connectivity index (χ0) is 20.8. The lowest BCUT2D eigenvalue weighted by Crippen LogP contribution is -2.42. The van der Waals surface area contributed by atoms with Crippen LogP contribution in [0.5, 0.6) is 11.5 Å². The molecule has 2 unspecified atom stereocenters. The number of carbonyl (C=O) groups excluding carboxylic acids is 1. The Bertz CT molecular complexity index is 841. The summed E-state index contributed by atoms with van der Waals surface area (Å²) in [4.78, 5) is 14.9. The number of benzene rings is 2. The molecular formula is C22H26F2N2O3. The number of hydrogen-bond donors (Lipinski definition) is 1. The molecule has 0 radical (unpaired) electrons. The predicted octanol–water partition coefficient (Wildman–Crippen LogP) is 3.69. The van der Waals surface area contributed by atoms with E-state index >= 15 is 0 Å². The van der Waals surface area contributed by atoms with E-state index in [0.717, 1.165) is 49.4 Å². The van der Waals surface area contributed by atoms with Gasteiger partial charge in [0, 0.05) is 12.6 Å². The van der Waals surface area contributed by atoms with Gasteiger partial charge in [0.05, 0.1) is 13.2 Å². The third kappa shape index (κ3) is 5.44. The van der Waals surface area contributed by atoms with Gasteiger partial charge in [-0.05, 0) is 62.7 Å². The molecule has 1 aliphatic rings. The normalized spacial score (nSPS) is 16.3. The van der Waals surface area contributed by atoms with E-state index < -0.39 is 17.7 Å². The Balaban J connectivity index is 1.64. The molecule has 0 bridgehead atoms. The van der Waals surface area contributed by atoms with E-state index in [1.165, 1.54) is 6.07 Å². The minimum atomic E-state index is -1.01. The molecular weight excluding hydrogens is 378 g/mol. The van der Waals surface area contributed by atoms with E-state index in [0.29, 0.717) is 6.54 Å². The molecule has 2 aromatic rings. The Morgan fingerprint density at radius 2 is 1.86 bits per heavy atom. The van der Waals surface area contributed by atoms with Gasteiger partial charge in [0.1, 0.15) is 11.5 Å². The number of carbonyl (C=O) groups is 1. The molecule has 2 aromatic carbocycles. The van der Waals surface area contributed by atoms with E-state index in [1.54, 1.807) is 14.0 Å². The number of rotatable bonds is 8. The lowest BCUT2D eigenvalue weighted by Gasteiger charge is -2.29. The second-order valence-electron chi connectivity index (χ2n) is 7.12. The summed E-state index contributed by atoms with van der Waals surface area (Å²) in [6.45, 7) is 3.93. The maximum absolute atomic E-state index is 13.3. The number of hydrogen-bond acceptors (Lipinski definition) is 4. The first kappa shape index (κ1) is 21.0. The first-order valence-corrected chi connectivity index (χ1v) is 9.75. The maximum Gasteiger partial charge on any atom is 0.260 e. The van der Waals surface area contributed by atoms with Crippen LogP contribution in [0.15, 0.2) is 42.5 Å². The molecule has 1 heterocycles. The molecule has 2 atom stereocenters. The van der Waals surface area contributed by atoms with Crippen molar-refractivity contribution in [3.8, 4) is 11.5 Å². The second-order valence-corrected chi connectivity index (χ2v) is 7.12. The third-order valence-corrected chi connectivity index (χ3v) is 5.10. The first-order valence-electron chi connectivity index (χ1n) is 9.75. The summed E-state index contributed by atoms with van der Waals surface area (Å²) in [5.74, 6) is -1.41. The molecule has 1 aliphatic heterocycles. The molecule has 0 aliphatic carbocycles. The van der Waals surface area contributed by atoms with Crippen molar-refractivity contribution in [1.29, 1.82) is 0 Å². The molecule has 7 heteroatoms. The number of methoxy groups -OCH3 is 1. The summed E-state index contributed by atoms with van der Waals surface area (Å²) in [6, 6.07) is 11.1. The summed E-state index contributed by atoms with van der Waals surface area (Å²) in [5, 5.41) is 2.93. The van der Waals surface area contributed by atoms with Crippen LogP contribution in [0.4, 0.5) is 8.78 Å². The van der Waals surface area contributed by atoms with Crippen molar-refractivity contribution in [2.24, 2.45) is 0 Å². The summed E-state index contributed by atoms with van der Waals surface area (Å²) in [6.07, 6.45) is 1.41. The summed E-state index contributed by atoms with van der Waals surface area (Å²) in [5.41, 5.74) is 1.07. The number of likely N-dealkylation sites (tertiary alicyclic amines) is 1.